The van der Waals surface area contributed by atoms with Gasteiger partial charge in [-0.1, -0.05) is 18.2 Å². The van der Waals surface area contributed by atoms with Crippen molar-refractivity contribution >= 4 is 10.8 Å². The normalized spacial score (nSPS) is 14.8. The third-order valence-electron chi connectivity index (χ3n) is 2.47. The van der Waals surface area contributed by atoms with Gasteiger partial charge in [0.1, 0.15) is 0 Å². The first kappa shape index (κ1) is 12.4. The van der Waals surface area contributed by atoms with Crippen LogP contribution in [-0.2, 0) is 10.8 Å². The lowest BCUT2D eigenvalue weighted by Crippen LogP contribution is -2.21. The second kappa shape index (κ2) is 6.75. The first-order chi connectivity index (χ1) is 7.24. The zero-order valence-electron chi connectivity index (χ0n) is 9.40. The standard InChI is InChI=1S/C12H19NOS/c1-11(13-2)7-6-10-15(14)12-8-4-3-5-9-12/h3-5,8-9,11,13H,6-7,10H2,1-2H3. The van der Waals surface area contributed by atoms with E-state index in [2.05, 4.69) is 12.2 Å². The van der Waals surface area contributed by atoms with Gasteiger partial charge in [0, 0.05) is 16.7 Å². The minimum atomic E-state index is -0.830. The lowest BCUT2D eigenvalue weighted by molar-refractivity contribution is 0.557. The van der Waals surface area contributed by atoms with Gasteiger partial charge < -0.3 is 5.32 Å². The monoisotopic (exact) mass is 225 g/mol. The number of rotatable bonds is 6. The molecule has 0 saturated carbocycles. The molecule has 2 atom stereocenters. The smallest absolute Gasteiger partial charge is 0.0529 e. The molecule has 1 rings (SSSR count). The molecule has 0 heterocycles. The molecule has 1 N–H and O–H groups in total. The zero-order chi connectivity index (χ0) is 11.1. The average Bonchev–Trinajstić information content (AvgIpc) is 2.29. The summed E-state index contributed by atoms with van der Waals surface area (Å²) in [6, 6.07) is 10.2. The maximum atomic E-state index is 11.8. The Labute approximate surface area is 94.5 Å². The first-order valence-corrected chi connectivity index (χ1v) is 6.66. The molecule has 2 unspecified atom stereocenters. The minimum absolute atomic E-state index is 0.512. The van der Waals surface area contributed by atoms with Crippen molar-refractivity contribution in [3.8, 4) is 0 Å². The fraction of sp³-hybridized carbons (Fsp3) is 0.500. The van der Waals surface area contributed by atoms with Crippen LogP contribution in [0.5, 0.6) is 0 Å². The van der Waals surface area contributed by atoms with Crippen molar-refractivity contribution in [3.05, 3.63) is 30.3 Å². The zero-order valence-corrected chi connectivity index (χ0v) is 10.2. The quantitative estimate of drug-likeness (QED) is 0.804. The second-order valence-corrected chi connectivity index (χ2v) is 5.27. The first-order valence-electron chi connectivity index (χ1n) is 5.34. The summed E-state index contributed by atoms with van der Waals surface area (Å²) in [6.07, 6.45) is 2.08. The summed E-state index contributed by atoms with van der Waals surface area (Å²) in [6.45, 7) is 2.14. The molecule has 0 aromatic heterocycles. The molecule has 0 amide bonds. The molecular formula is C12H19NOS. The van der Waals surface area contributed by atoms with E-state index in [4.69, 9.17) is 0 Å². The number of benzene rings is 1. The molecule has 15 heavy (non-hydrogen) atoms. The highest BCUT2D eigenvalue weighted by Crippen LogP contribution is 2.08. The van der Waals surface area contributed by atoms with Crippen LogP contribution in [0.1, 0.15) is 19.8 Å². The molecule has 0 radical (unpaired) electrons. The van der Waals surface area contributed by atoms with Crippen molar-refractivity contribution in [2.24, 2.45) is 0 Å². The maximum Gasteiger partial charge on any atom is 0.0529 e. The van der Waals surface area contributed by atoms with E-state index in [1.54, 1.807) is 0 Å². The Balaban J connectivity index is 2.31. The summed E-state index contributed by atoms with van der Waals surface area (Å²) in [4.78, 5) is 0.939. The van der Waals surface area contributed by atoms with Crippen LogP contribution in [0.25, 0.3) is 0 Å². The Hall–Kier alpha value is -0.670. The third kappa shape index (κ3) is 4.58. The lowest BCUT2D eigenvalue weighted by Gasteiger charge is -2.09. The van der Waals surface area contributed by atoms with Crippen LogP contribution >= 0.6 is 0 Å². The van der Waals surface area contributed by atoms with E-state index in [9.17, 15) is 4.21 Å². The van der Waals surface area contributed by atoms with E-state index in [1.165, 1.54) is 0 Å². The number of nitrogens with one attached hydrogen (secondary N) is 1. The molecule has 0 aliphatic heterocycles. The highest BCUT2D eigenvalue weighted by molar-refractivity contribution is 7.85. The van der Waals surface area contributed by atoms with Gasteiger partial charge in [-0.15, -0.1) is 0 Å². The molecule has 0 aliphatic carbocycles. The van der Waals surface area contributed by atoms with Gasteiger partial charge in [-0.3, -0.25) is 4.21 Å². The van der Waals surface area contributed by atoms with Gasteiger partial charge in [-0.25, -0.2) is 0 Å². The van der Waals surface area contributed by atoms with Crippen molar-refractivity contribution in [2.75, 3.05) is 12.8 Å². The van der Waals surface area contributed by atoms with E-state index in [0.717, 1.165) is 23.5 Å². The molecular weight excluding hydrogens is 206 g/mol. The summed E-state index contributed by atoms with van der Waals surface area (Å²) in [7, 11) is 1.13. The van der Waals surface area contributed by atoms with Crippen LogP contribution in [0.3, 0.4) is 0 Å². The second-order valence-electron chi connectivity index (χ2n) is 3.69. The molecule has 0 bridgehead atoms. The van der Waals surface area contributed by atoms with Crippen molar-refractivity contribution < 1.29 is 4.21 Å². The van der Waals surface area contributed by atoms with E-state index >= 15 is 0 Å². The topological polar surface area (TPSA) is 29.1 Å². The molecule has 0 aliphatic rings. The molecule has 2 nitrogen and oxygen atoms in total. The lowest BCUT2D eigenvalue weighted by atomic mass is 10.2. The van der Waals surface area contributed by atoms with Gasteiger partial charge in [0.15, 0.2) is 0 Å². The van der Waals surface area contributed by atoms with E-state index < -0.39 is 10.8 Å². The molecule has 0 fully saturated rings. The summed E-state index contributed by atoms with van der Waals surface area (Å²) in [5, 5.41) is 3.18. The van der Waals surface area contributed by atoms with Gasteiger partial charge in [0.2, 0.25) is 0 Å². The average molecular weight is 225 g/mol. The predicted molar refractivity (Wildman–Crippen MR) is 65.5 cm³/mol. The molecule has 0 saturated heterocycles. The van der Waals surface area contributed by atoms with Crippen LogP contribution in [-0.4, -0.2) is 23.1 Å². The van der Waals surface area contributed by atoms with Crippen molar-refractivity contribution in [3.63, 3.8) is 0 Å². The highest BCUT2D eigenvalue weighted by Gasteiger charge is 2.04. The summed E-state index contributed by atoms with van der Waals surface area (Å²) < 4.78 is 11.8. The number of hydrogen-bond acceptors (Lipinski definition) is 2. The summed E-state index contributed by atoms with van der Waals surface area (Å²) >= 11 is 0. The van der Waals surface area contributed by atoms with Gasteiger partial charge in [-0.05, 0) is 38.9 Å². The Morgan fingerprint density at radius 1 is 1.33 bits per heavy atom. The fourth-order valence-electron chi connectivity index (χ4n) is 1.36. The SMILES string of the molecule is CNC(C)CCCS(=O)c1ccccc1. The molecule has 1 aromatic carbocycles. The largest absolute Gasteiger partial charge is 0.317 e. The van der Waals surface area contributed by atoms with Gasteiger partial charge >= 0.3 is 0 Å². The van der Waals surface area contributed by atoms with Gasteiger partial charge in [-0.2, -0.15) is 0 Å². The summed E-state index contributed by atoms with van der Waals surface area (Å²) in [5.74, 6) is 0.760. The van der Waals surface area contributed by atoms with Crippen LogP contribution in [0.4, 0.5) is 0 Å². The predicted octanol–water partition coefficient (Wildman–Crippen LogP) is 2.18. The van der Waals surface area contributed by atoms with Crippen molar-refractivity contribution in [1.82, 2.24) is 5.32 Å². The highest BCUT2D eigenvalue weighted by atomic mass is 32.2. The Morgan fingerprint density at radius 2 is 2.00 bits per heavy atom. The Kier molecular flexibility index (Phi) is 5.58. The van der Waals surface area contributed by atoms with Crippen LogP contribution in [0.2, 0.25) is 0 Å². The van der Waals surface area contributed by atoms with Crippen LogP contribution < -0.4 is 5.32 Å². The maximum absolute atomic E-state index is 11.8. The van der Waals surface area contributed by atoms with Gasteiger partial charge in [0.05, 0.1) is 10.8 Å². The molecule has 3 heteroatoms. The number of hydrogen-bond donors (Lipinski definition) is 1. The van der Waals surface area contributed by atoms with Crippen LogP contribution in [0, 0.1) is 0 Å². The van der Waals surface area contributed by atoms with Crippen LogP contribution in [0.15, 0.2) is 35.2 Å². The van der Waals surface area contributed by atoms with Crippen molar-refractivity contribution in [1.29, 1.82) is 0 Å². The Bertz CT molecular complexity index is 300. The molecule has 1 aromatic rings. The van der Waals surface area contributed by atoms with Gasteiger partial charge in [0.25, 0.3) is 0 Å². The fourth-order valence-corrected chi connectivity index (χ4v) is 2.48. The molecule has 0 spiro atoms. The third-order valence-corrected chi connectivity index (χ3v) is 3.92. The summed E-state index contributed by atoms with van der Waals surface area (Å²) in [5.41, 5.74) is 0. The minimum Gasteiger partial charge on any atom is -0.317 e. The van der Waals surface area contributed by atoms with E-state index in [0.29, 0.717) is 6.04 Å². The van der Waals surface area contributed by atoms with E-state index in [-0.39, 0.29) is 0 Å². The Morgan fingerprint density at radius 3 is 2.60 bits per heavy atom. The van der Waals surface area contributed by atoms with E-state index in [1.807, 2.05) is 37.4 Å². The molecule has 84 valence electrons. The van der Waals surface area contributed by atoms with Crippen molar-refractivity contribution in [2.45, 2.75) is 30.7 Å².